The number of amides is 2. The smallest absolute Gasteiger partial charge is 0.351 e. The summed E-state index contributed by atoms with van der Waals surface area (Å²) in [6.07, 6.45) is -5.15. The number of hydrogen-bond donors (Lipinski definition) is 2. The number of anilines is 1. The van der Waals surface area contributed by atoms with E-state index in [4.69, 9.17) is 0 Å². The zero-order valence-electron chi connectivity index (χ0n) is 23.7. The van der Waals surface area contributed by atoms with Crippen molar-refractivity contribution in [3.8, 4) is 0 Å². The summed E-state index contributed by atoms with van der Waals surface area (Å²) >= 11 is 1.17. The molecule has 2 aliphatic rings. The third kappa shape index (κ3) is 7.43. The fraction of sp³-hybridized carbons (Fsp3) is 0.452. The second kappa shape index (κ2) is 12.9. The number of thiazole rings is 1. The molecule has 1 saturated carbocycles. The van der Waals surface area contributed by atoms with Crippen molar-refractivity contribution in [2.45, 2.75) is 75.3 Å². The van der Waals surface area contributed by atoms with Crippen molar-refractivity contribution >= 4 is 28.3 Å². The SMILES string of the molecule is O=C(Cc1ccccc1)Nc1nc(C2(C(=O)NCc3cc(C(F)(F)F)cc(C(F)(F)F)c3)CCC(N3CCCCC3)C2)cs1. The Kier molecular flexibility index (Phi) is 9.36. The molecule has 0 spiro atoms. The van der Waals surface area contributed by atoms with Gasteiger partial charge < -0.3 is 15.5 Å². The maximum atomic E-state index is 13.9. The first-order valence-corrected chi connectivity index (χ1v) is 15.3. The number of rotatable bonds is 8. The molecule has 2 N–H and O–H groups in total. The van der Waals surface area contributed by atoms with E-state index in [0.29, 0.717) is 42.2 Å². The molecule has 2 atom stereocenters. The Morgan fingerprint density at radius 2 is 1.59 bits per heavy atom. The third-order valence-electron chi connectivity index (χ3n) is 8.38. The van der Waals surface area contributed by atoms with Gasteiger partial charge in [0, 0.05) is 18.0 Å². The lowest BCUT2D eigenvalue weighted by Gasteiger charge is -2.34. The quantitative estimate of drug-likeness (QED) is 0.262. The molecule has 2 unspecified atom stereocenters. The van der Waals surface area contributed by atoms with Gasteiger partial charge in [0.1, 0.15) is 0 Å². The van der Waals surface area contributed by atoms with Crippen LogP contribution in [0.1, 0.15) is 66.5 Å². The van der Waals surface area contributed by atoms with Crippen molar-refractivity contribution in [1.29, 1.82) is 0 Å². The minimum atomic E-state index is -4.99. The van der Waals surface area contributed by atoms with E-state index in [0.717, 1.165) is 37.9 Å². The van der Waals surface area contributed by atoms with E-state index in [1.807, 2.05) is 30.3 Å². The average molecular weight is 639 g/mol. The average Bonchev–Trinajstić information content (AvgIpc) is 3.64. The molecule has 6 nitrogen and oxygen atoms in total. The Morgan fingerprint density at radius 3 is 2.23 bits per heavy atom. The van der Waals surface area contributed by atoms with Gasteiger partial charge in [-0.15, -0.1) is 11.3 Å². The third-order valence-corrected chi connectivity index (χ3v) is 9.14. The van der Waals surface area contributed by atoms with Gasteiger partial charge in [-0.3, -0.25) is 9.59 Å². The number of likely N-dealkylation sites (tertiary alicyclic amines) is 1. The van der Waals surface area contributed by atoms with Gasteiger partial charge in [-0.2, -0.15) is 26.3 Å². The van der Waals surface area contributed by atoms with Crippen LogP contribution in [0.2, 0.25) is 0 Å². The van der Waals surface area contributed by atoms with Gasteiger partial charge in [0.2, 0.25) is 11.8 Å². The number of aromatic nitrogens is 1. The zero-order valence-corrected chi connectivity index (χ0v) is 24.5. The second-order valence-electron chi connectivity index (χ2n) is 11.4. The number of benzene rings is 2. The van der Waals surface area contributed by atoms with Crippen LogP contribution in [-0.2, 0) is 40.3 Å². The Morgan fingerprint density at radius 1 is 0.932 bits per heavy atom. The minimum Gasteiger partial charge on any atom is -0.351 e. The summed E-state index contributed by atoms with van der Waals surface area (Å²) in [6.45, 7) is 1.27. The molecule has 13 heteroatoms. The van der Waals surface area contributed by atoms with Gasteiger partial charge in [-0.25, -0.2) is 4.98 Å². The van der Waals surface area contributed by atoms with E-state index in [1.54, 1.807) is 5.38 Å². The van der Waals surface area contributed by atoms with Crippen molar-refractivity contribution in [1.82, 2.24) is 15.2 Å². The standard InChI is InChI=1S/C31H32F6N4O2S/c32-30(33,34)22-13-21(14-23(16-22)31(35,36)37)18-38-27(43)29(10-9-24(17-29)41-11-5-2-6-12-41)25-19-44-28(39-25)40-26(42)15-20-7-3-1-4-8-20/h1,3-4,7-8,13-14,16,19,24H,2,5-6,9-12,15,17-18H2,(H,38,43)(H,39,40,42). The fourth-order valence-corrected chi connectivity index (χ4v) is 6.96. The molecular weight excluding hydrogens is 606 g/mol. The van der Waals surface area contributed by atoms with Crippen LogP contribution >= 0.6 is 11.3 Å². The molecule has 1 aliphatic heterocycles. The number of carbonyl (C=O) groups is 2. The molecule has 5 rings (SSSR count). The van der Waals surface area contributed by atoms with Crippen molar-refractivity contribution in [3.05, 3.63) is 81.9 Å². The molecular formula is C31H32F6N4O2S. The molecule has 0 bridgehead atoms. The Bertz CT molecular complexity index is 1440. The summed E-state index contributed by atoms with van der Waals surface area (Å²) in [7, 11) is 0. The molecule has 1 aliphatic carbocycles. The normalized spacial score (nSPS) is 21.3. The summed E-state index contributed by atoms with van der Waals surface area (Å²) in [6, 6.07) is 10.5. The van der Waals surface area contributed by atoms with Crippen molar-refractivity contribution < 1.29 is 35.9 Å². The van der Waals surface area contributed by atoms with Crippen LogP contribution in [0.5, 0.6) is 0 Å². The summed E-state index contributed by atoms with van der Waals surface area (Å²) in [5.74, 6) is -0.798. The predicted molar refractivity (Wildman–Crippen MR) is 154 cm³/mol. The topological polar surface area (TPSA) is 74.3 Å². The summed E-state index contributed by atoms with van der Waals surface area (Å²) in [5.41, 5.74) is -3.10. The van der Waals surface area contributed by atoms with Crippen LogP contribution in [0.25, 0.3) is 0 Å². The zero-order chi connectivity index (χ0) is 31.5. The maximum absolute atomic E-state index is 13.9. The van der Waals surface area contributed by atoms with E-state index in [2.05, 4.69) is 20.5 Å². The highest BCUT2D eigenvalue weighted by Gasteiger charge is 2.50. The first-order chi connectivity index (χ1) is 20.8. The number of hydrogen-bond acceptors (Lipinski definition) is 5. The molecule has 236 valence electrons. The molecule has 44 heavy (non-hydrogen) atoms. The van der Waals surface area contributed by atoms with Crippen LogP contribution in [0.4, 0.5) is 31.5 Å². The van der Waals surface area contributed by atoms with Gasteiger partial charge in [0.05, 0.1) is 28.7 Å². The molecule has 2 amide bonds. The van der Waals surface area contributed by atoms with Crippen LogP contribution in [0.15, 0.2) is 53.9 Å². The van der Waals surface area contributed by atoms with Gasteiger partial charge >= 0.3 is 12.4 Å². The number of halogens is 6. The highest BCUT2D eigenvalue weighted by atomic mass is 32.1. The van der Waals surface area contributed by atoms with Crippen molar-refractivity contribution in [2.24, 2.45) is 0 Å². The van der Waals surface area contributed by atoms with E-state index in [9.17, 15) is 35.9 Å². The Labute approximate surface area is 254 Å². The predicted octanol–water partition coefficient (Wildman–Crippen LogP) is 6.95. The molecule has 2 heterocycles. The first-order valence-electron chi connectivity index (χ1n) is 14.4. The Balaban J connectivity index is 1.37. The van der Waals surface area contributed by atoms with E-state index < -0.39 is 41.3 Å². The Hall–Kier alpha value is -3.45. The molecule has 2 aromatic carbocycles. The largest absolute Gasteiger partial charge is 0.416 e. The number of piperidine rings is 1. The van der Waals surface area contributed by atoms with Crippen molar-refractivity contribution in [2.75, 3.05) is 18.4 Å². The number of nitrogens with one attached hydrogen (secondary N) is 2. The van der Waals surface area contributed by atoms with E-state index in [1.165, 1.54) is 11.3 Å². The number of nitrogens with zero attached hydrogens (tertiary/aromatic N) is 2. The number of carbonyl (C=O) groups excluding carboxylic acids is 2. The first kappa shape index (κ1) is 32.0. The second-order valence-corrected chi connectivity index (χ2v) is 12.3. The van der Waals surface area contributed by atoms with E-state index in [-0.39, 0.29) is 30.0 Å². The monoisotopic (exact) mass is 638 g/mol. The lowest BCUT2D eigenvalue weighted by atomic mass is 9.81. The molecule has 1 saturated heterocycles. The molecule has 3 aromatic rings. The van der Waals surface area contributed by atoms with Crippen LogP contribution in [0, 0.1) is 0 Å². The highest BCUT2D eigenvalue weighted by molar-refractivity contribution is 7.14. The summed E-state index contributed by atoms with van der Waals surface area (Å²) in [5, 5.41) is 7.41. The molecule has 1 aromatic heterocycles. The van der Waals surface area contributed by atoms with E-state index >= 15 is 0 Å². The maximum Gasteiger partial charge on any atom is 0.416 e. The lowest BCUT2D eigenvalue weighted by molar-refractivity contribution is -0.143. The van der Waals surface area contributed by atoms with Crippen LogP contribution < -0.4 is 10.6 Å². The molecule has 2 fully saturated rings. The van der Waals surface area contributed by atoms with Crippen molar-refractivity contribution in [3.63, 3.8) is 0 Å². The fourth-order valence-electron chi connectivity index (χ4n) is 6.14. The minimum absolute atomic E-state index is 0.0654. The van der Waals surface area contributed by atoms with Gasteiger partial charge in [-0.1, -0.05) is 36.8 Å². The summed E-state index contributed by atoms with van der Waals surface area (Å²) in [4.78, 5) is 33.5. The lowest BCUT2D eigenvalue weighted by Crippen LogP contribution is -2.45. The summed E-state index contributed by atoms with van der Waals surface area (Å²) < 4.78 is 80.4. The van der Waals surface area contributed by atoms with Gasteiger partial charge in [0.25, 0.3) is 0 Å². The molecule has 0 radical (unpaired) electrons. The van der Waals surface area contributed by atoms with Crippen LogP contribution in [0.3, 0.4) is 0 Å². The van der Waals surface area contributed by atoms with Gasteiger partial charge in [0.15, 0.2) is 5.13 Å². The highest BCUT2D eigenvalue weighted by Crippen LogP contribution is 2.45. The van der Waals surface area contributed by atoms with Crippen LogP contribution in [-0.4, -0.2) is 40.8 Å². The van der Waals surface area contributed by atoms with Gasteiger partial charge in [-0.05, 0) is 74.5 Å². The number of alkyl halides is 6.